The summed E-state index contributed by atoms with van der Waals surface area (Å²) in [6, 6.07) is 0. The minimum Gasteiger partial charge on any atom is -1.00 e. The van der Waals surface area contributed by atoms with Gasteiger partial charge < -0.3 is 21.9 Å². The number of hydrogen-bond donors (Lipinski definition) is 1. The Hall–Kier alpha value is 0.400. The first kappa shape index (κ1) is 14.4. The molecule has 0 spiro atoms. The van der Waals surface area contributed by atoms with Crippen molar-refractivity contribution in [1.29, 1.82) is 0 Å². The Balaban J connectivity index is 0.00000169. The lowest BCUT2D eigenvalue weighted by molar-refractivity contribution is -0.891. The van der Waals surface area contributed by atoms with Gasteiger partial charge in [0.05, 0.1) is 19.6 Å². The second-order valence-electron chi connectivity index (χ2n) is 4.40. The Morgan fingerprint density at radius 2 is 1.86 bits per heavy atom. The molecule has 1 rings (SSSR count). The molecular formula is C11H25BrN2. The molecule has 0 bridgehead atoms. The Morgan fingerprint density at radius 3 is 2.43 bits per heavy atom. The molecule has 1 atom stereocenters. The van der Waals surface area contributed by atoms with E-state index in [0.717, 1.165) is 0 Å². The van der Waals surface area contributed by atoms with E-state index in [9.17, 15) is 0 Å². The largest absolute Gasteiger partial charge is 1.00 e. The standard InChI is InChI=1S/C11H24N2.BrH/c1-3-4-5-6-7-8-13-10-9-12(2)11-13;/h3-11H2,1-2H3;1H. The van der Waals surface area contributed by atoms with Gasteiger partial charge in [-0.3, -0.25) is 4.90 Å². The minimum absolute atomic E-state index is 0. The maximum absolute atomic E-state index is 2.43. The number of quaternary nitrogens is 1. The third-order valence-corrected chi connectivity index (χ3v) is 2.97. The number of nitrogens with one attached hydrogen (secondary N) is 1. The van der Waals surface area contributed by atoms with Gasteiger partial charge in [0.2, 0.25) is 0 Å². The summed E-state index contributed by atoms with van der Waals surface area (Å²) in [6.45, 7) is 7.61. The van der Waals surface area contributed by atoms with Crippen molar-refractivity contribution < 1.29 is 21.9 Å². The molecule has 1 saturated heterocycles. The van der Waals surface area contributed by atoms with Crippen LogP contribution in [-0.2, 0) is 0 Å². The third kappa shape index (κ3) is 5.99. The summed E-state index contributed by atoms with van der Waals surface area (Å²) in [5.74, 6) is 0. The SMILES string of the molecule is CCCCCCC[NH+]1CCN(C)C1.[Br-]. The van der Waals surface area contributed by atoms with E-state index in [-0.39, 0.29) is 17.0 Å². The highest BCUT2D eigenvalue weighted by Crippen LogP contribution is 2.00. The first-order valence-electron chi connectivity index (χ1n) is 5.85. The topological polar surface area (TPSA) is 7.68 Å². The van der Waals surface area contributed by atoms with Crippen molar-refractivity contribution in [2.24, 2.45) is 0 Å². The number of halogens is 1. The molecule has 0 aromatic rings. The molecule has 0 amide bonds. The van der Waals surface area contributed by atoms with Crippen LogP contribution in [0.25, 0.3) is 0 Å². The molecule has 2 nitrogen and oxygen atoms in total. The predicted molar refractivity (Wildman–Crippen MR) is 57.0 cm³/mol. The third-order valence-electron chi connectivity index (χ3n) is 2.97. The molecule has 3 heteroatoms. The van der Waals surface area contributed by atoms with Crippen LogP contribution >= 0.6 is 0 Å². The average molecular weight is 265 g/mol. The molecule has 1 aliphatic rings. The lowest BCUT2D eigenvalue weighted by atomic mass is 10.1. The normalized spacial score (nSPS) is 22.3. The van der Waals surface area contributed by atoms with E-state index in [1.54, 1.807) is 4.90 Å². The quantitative estimate of drug-likeness (QED) is 0.533. The van der Waals surface area contributed by atoms with Gasteiger partial charge in [0.25, 0.3) is 0 Å². The molecule has 1 fully saturated rings. The minimum atomic E-state index is 0. The molecule has 1 aliphatic heterocycles. The molecule has 1 N–H and O–H groups in total. The lowest BCUT2D eigenvalue weighted by Crippen LogP contribution is -3.10. The highest BCUT2D eigenvalue weighted by molar-refractivity contribution is 4.49. The van der Waals surface area contributed by atoms with Crippen molar-refractivity contribution in [3.63, 3.8) is 0 Å². The molecule has 0 aliphatic carbocycles. The van der Waals surface area contributed by atoms with E-state index >= 15 is 0 Å². The average Bonchev–Trinajstić information content (AvgIpc) is 2.51. The highest BCUT2D eigenvalue weighted by Gasteiger charge is 2.18. The molecule has 1 heterocycles. The van der Waals surface area contributed by atoms with Crippen LogP contribution in [-0.4, -0.2) is 38.3 Å². The molecule has 0 aromatic heterocycles. The monoisotopic (exact) mass is 264 g/mol. The lowest BCUT2D eigenvalue weighted by Gasteiger charge is -2.11. The molecular weight excluding hydrogens is 240 g/mol. The summed E-state index contributed by atoms with van der Waals surface area (Å²) in [4.78, 5) is 4.22. The second kappa shape index (κ2) is 8.69. The van der Waals surface area contributed by atoms with Crippen LogP contribution in [0.2, 0.25) is 0 Å². The van der Waals surface area contributed by atoms with Crippen LogP contribution in [0.4, 0.5) is 0 Å². The first-order valence-corrected chi connectivity index (χ1v) is 5.85. The van der Waals surface area contributed by atoms with Crippen molar-refractivity contribution >= 4 is 0 Å². The summed E-state index contributed by atoms with van der Waals surface area (Å²) in [7, 11) is 2.23. The van der Waals surface area contributed by atoms with Crippen molar-refractivity contribution in [3.8, 4) is 0 Å². The molecule has 0 radical (unpaired) electrons. The summed E-state index contributed by atoms with van der Waals surface area (Å²) < 4.78 is 0. The van der Waals surface area contributed by atoms with Crippen LogP contribution in [0.3, 0.4) is 0 Å². The maximum Gasteiger partial charge on any atom is 0.133 e. The Labute approximate surface area is 99.4 Å². The van der Waals surface area contributed by atoms with Gasteiger partial charge in [-0.05, 0) is 19.9 Å². The summed E-state index contributed by atoms with van der Waals surface area (Å²) in [5, 5.41) is 0. The summed E-state index contributed by atoms with van der Waals surface area (Å²) in [6.07, 6.45) is 7.11. The van der Waals surface area contributed by atoms with E-state index in [4.69, 9.17) is 0 Å². The van der Waals surface area contributed by atoms with Gasteiger partial charge in [-0.15, -0.1) is 0 Å². The number of nitrogens with zero attached hydrogens (tertiary/aromatic N) is 1. The van der Waals surface area contributed by atoms with Crippen molar-refractivity contribution in [2.45, 2.75) is 39.0 Å². The van der Waals surface area contributed by atoms with E-state index in [1.165, 1.54) is 58.4 Å². The zero-order chi connectivity index (χ0) is 9.52. The maximum atomic E-state index is 2.43. The van der Waals surface area contributed by atoms with E-state index in [0.29, 0.717) is 0 Å². The van der Waals surface area contributed by atoms with Crippen molar-refractivity contribution in [1.82, 2.24) is 4.90 Å². The molecule has 0 saturated carbocycles. The zero-order valence-electron chi connectivity index (χ0n) is 9.69. The zero-order valence-corrected chi connectivity index (χ0v) is 11.3. The fraction of sp³-hybridized carbons (Fsp3) is 1.00. The fourth-order valence-electron chi connectivity index (χ4n) is 2.07. The van der Waals surface area contributed by atoms with Crippen LogP contribution in [0, 0.1) is 0 Å². The van der Waals surface area contributed by atoms with E-state index in [1.807, 2.05) is 0 Å². The van der Waals surface area contributed by atoms with Gasteiger partial charge in [-0.25, -0.2) is 0 Å². The van der Waals surface area contributed by atoms with Gasteiger partial charge >= 0.3 is 0 Å². The van der Waals surface area contributed by atoms with Crippen LogP contribution in [0.5, 0.6) is 0 Å². The number of rotatable bonds is 6. The van der Waals surface area contributed by atoms with E-state index < -0.39 is 0 Å². The van der Waals surface area contributed by atoms with Crippen molar-refractivity contribution in [3.05, 3.63) is 0 Å². The van der Waals surface area contributed by atoms with Gasteiger partial charge in [-0.2, -0.15) is 0 Å². The van der Waals surface area contributed by atoms with Gasteiger partial charge in [-0.1, -0.05) is 26.2 Å². The number of unbranched alkanes of at least 4 members (excludes halogenated alkanes) is 4. The summed E-state index contributed by atoms with van der Waals surface area (Å²) >= 11 is 0. The summed E-state index contributed by atoms with van der Waals surface area (Å²) in [5.41, 5.74) is 0. The van der Waals surface area contributed by atoms with Crippen LogP contribution in [0.15, 0.2) is 0 Å². The highest BCUT2D eigenvalue weighted by atomic mass is 79.9. The Bertz CT molecular complexity index is 130. The Morgan fingerprint density at radius 1 is 1.14 bits per heavy atom. The second-order valence-corrected chi connectivity index (χ2v) is 4.40. The van der Waals surface area contributed by atoms with Gasteiger partial charge in [0.1, 0.15) is 6.67 Å². The first-order chi connectivity index (χ1) is 6.33. The van der Waals surface area contributed by atoms with Crippen molar-refractivity contribution in [2.75, 3.05) is 33.4 Å². The number of hydrogen-bond acceptors (Lipinski definition) is 1. The molecule has 86 valence electrons. The molecule has 14 heavy (non-hydrogen) atoms. The number of likely N-dealkylation sites (N-methyl/N-ethyl adjacent to an activating group) is 1. The fourth-order valence-corrected chi connectivity index (χ4v) is 2.07. The van der Waals surface area contributed by atoms with Gasteiger partial charge in [0.15, 0.2) is 0 Å². The molecule has 0 aromatic carbocycles. The molecule has 1 unspecified atom stereocenters. The predicted octanol–water partition coefficient (Wildman–Crippen LogP) is -2.25. The smallest absolute Gasteiger partial charge is 0.133 e. The Kier molecular flexibility index (Phi) is 8.94. The van der Waals surface area contributed by atoms with E-state index in [2.05, 4.69) is 18.9 Å². The van der Waals surface area contributed by atoms with Crippen LogP contribution in [0.1, 0.15) is 39.0 Å². The van der Waals surface area contributed by atoms with Gasteiger partial charge in [0, 0.05) is 0 Å². The van der Waals surface area contributed by atoms with Crippen LogP contribution < -0.4 is 21.9 Å².